The second-order valence-electron chi connectivity index (χ2n) is 10.2. The SMILES string of the molecule is Cc1ccc(-c2c(-c3ccc4c(c3)CCNC4)c(C)nc(C)c2C(OC(C)(C)C)C(=O)O)cc1. The Morgan fingerprint density at radius 2 is 1.65 bits per heavy atom. The first kappa shape index (κ1) is 24.1. The summed E-state index contributed by atoms with van der Waals surface area (Å²) in [7, 11) is 0. The van der Waals surface area contributed by atoms with Crippen molar-refractivity contribution in [2.45, 2.75) is 66.2 Å². The molecule has 0 radical (unpaired) electrons. The van der Waals surface area contributed by atoms with Crippen LogP contribution in [0.2, 0.25) is 0 Å². The first-order chi connectivity index (χ1) is 16.0. The van der Waals surface area contributed by atoms with Crippen molar-refractivity contribution in [2.75, 3.05) is 6.54 Å². The van der Waals surface area contributed by atoms with Crippen molar-refractivity contribution >= 4 is 5.97 Å². The third-order valence-corrected chi connectivity index (χ3v) is 6.29. The van der Waals surface area contributed by atoms with E-state index >= 15 is 0 Å². The van der Waals surface area contributed by atoms with Gasteiger partial charge >= 0.3 is 5.97 Å². The third-order valence-electron chi connectivity index (χ3n) is 6.29. The van der Waals surface area contributed by atoms with E-state index in [0.29, 0.717) is 11.3 Å². The number of aliphatic carboxylic acids is 1. The molecule has 5 nitrogen and oxygen atoms in total. The van der Waals surface area contributed by atoms with Crippen LogP contribution in [-0.4, -0.2) is 28.2 Å². The molecule has 1 aromatic heterocycles. The minimum Gasteiger partial charge on any atom is -0.479 e. The molecule has 2 heterocycles. The van der Waals surface area contributed by atoms with E-state index in [1.54, 1.807) is 0 Å². The number of carboxylic acid groups (broad SMARTS) is 1. The third kappa shape index (κ3) is 4.91. The topological polar surface area (TPSA) is 71.5 Å². The summed E-state index contributed by atoms with van der Waals surface area (Å²) >= 11 is 0. The fraction of sp³-hybridized carbons (Fsp3) is 0.379. The quantitative estimate of drug-likeness (QED) is 0.496. The van der Waals surface area contributed by atoms with Gasteiger partial charge in [-0.15, -0.1) is 0 Å². The first-order valence-corrected chi connectivity index (χ1v) is 11.9. The number of fused-ring (bicyclic) bond motifs is 1. The standard InChI is InChI=1S/C29H34N2O3/c1-17-7-9-20(10-8-17)26-24(22-11-12-23-16-30-14-13-21(23)15-22)18(2)31-19(3)25(26)27(28(32)33)34-29(4,5)6/h7-12,15,27,30H,13-14,16H2,1-6H3,(H,32,33). The zero-order valence-electron chi connectivity index (χ0n) is 21.0. The van der Waals surface area contributed by atoms with Crippen molar-refractivity contribution in [3.05, 3.63) is 76.1 Å². The summed E-state index contributed by atoms with van der Waals surface area (Å²) in [6.07, 6.45) is -0.163. The zero-order chi connectivity index (χ0) is 24.6. The molecule has 0 bridgehead atoms. The van der Waals surface area contributed by atoms with E-state index in [4.69, 9.17) is 9.72 Å². The van der Waals surface area contributed by atoms with Gasteiger partial charge in [0.1, 0.15) is 0 Å². The van der Waals surface area contributed by atoms with Gasteiger partial charge in [-0.25, -0.2) is 4.79 Å². The minimum atomic E-state index is -1.13. The van der Waals surface area contributed by atoms with Crippen LogP contribution in [-0.2, 0) is 22.5 Å². The predicted molar refractivity (Wildman–Crippen MR) is 136 cm³/mol. The van der Waals surface area contributed by atoms with E-state index in [-0.39, 0.29) is 0 Å². The maximum atomic E-state index is 12.5. The Kier molecular flexibility index (Phi) is 6.61. The lowest BCUT2D eigenvalue weighted by Gasteiger charge is -2.29. The van der Waals surface area contributed by atoms with Gasteiger partial charge in [0.25, 0.3) is 0 Å². The van der Waals surface area contributed by atoms with Gasteiger partial charge in [-0.1, -0.05) is 48.0 Å². The molecule has 0 saturated carbocycles. The normalized spacial score (nSPS) is 14.5. The lowest BCUT2D eigenvalue weighted by molar-refractivity contribution is -0.160. The second kappa shape index (κ2) is 9.32. The summed E-state index contributed by atoms with van der Waals surface area (Å²) in [5.74, 6) is -1.01. The summed E-state index contributed by atoms with van der Waals surface area (Å²) in [6.45, 7) is 13.4. The lowest BCUT2D eigenvalue weighted by atomic mass is 9.85. The number of aromatic nitrogens is 1. The zero-order valence-corrected chi connectivity index (χ0v) is 21.0. The molecule has 2 aromatic carbocycles. The number of carbonyl (C=O) groups is 1. The van der Waals surface area contributed by atoms with Gasteiger partial charge in [-0.05, 0) is 82.3 Å². The largest absolute Gasteiger partial charge is 0.479 e. The highest BCUT2D eigenvalue weighted by atomic mass is 16.5. The molecular weight excluding hydrogens is 424 g/mol. The van der Waals surface area contributed by atoms with Gasteiger partial charge in [-0.3, -0.25) is 4.98 Å². The highest BCUT2D eigenvalue weighted by Gasteiger charge is 2.33. The molecule has 0 saturated heterocycles. The van der Waals surface area contributed by atoms with Crippen LogP contribution in [0.15, 0.2) is 42.5 Å². The highest BCUT2D eigenvalue weighted by molar-refractivity contribution is 5.91. The molecule has 178 valence electrons. The average molecular weight is 459 g/mol. The summed E-state index contributed by atoms with van der Waals surface area (Å²) in [5, 5.41) is 13.7. The average Bonchev–Trinajstić information content (AvgIpc) is 2.77. The van der Waals surface area contributed by atoms with Crippen molar-refractivity contribution in [3.8, 4) is 22.3 Å². The second-order valence-corrected chi connectivity index (χ2v) is 10.2. The molecule has 5 heteroatoms. The van der Waals surface area contributed by atoms with Gasteiger partial charge in [0.05, 0.1) is 5.60 Å². The molecular formula is C29H34N2O3. The van der Waals surface area contributed by atoms with E-state index in [1.807, 2.05) is 34.6 Å². The Hall–Kier alpha value is -3.02. The van der Waals surface area contributed by atoms with Crippen molar-refractivity contribution in [2.24, 2.45) is 0 Å². The van der Waals surface area contributed by atoms with Crippen LogP contribution in [0.1, 0.15) is 60.5 Å². The van der Waals surface area contributed by atoms with E-state index in [0.717, 1.165) is 53.0 Å². The molecule has 1 unspecified atom stereocenters. The maximum absolute atomic E-state index is 12.5. The fourth-order valence-corrected chi connectivity index (χ4v) is 4.78. The number of hydrogen-bond acceptors (Lipinski definition) is 4. The Morgan fingerprint density at radius 1 is 0.971 bits per heavy atom. The van der Waals surface area contributed by atoms with Gasteiger partial charge in [0.15, 0.2) is 6.10 Å². The molecule has 1 aliphatic heterocycles. The minimum absolute atomic E-state index is 0.617. The van der Waals surface area contributed by atoms with Gasteiger partial charge in [0.2, 0.25) is 0 Å². The number of benzene rings is 2. The molecule has 1 aliphatic rings. The number of rotatable bonds is 5. The summed E-state index contributed by atoms with van der Waals surface area (Å²) in [4.78, 5) is 17.4. The van der Waals surface area contributed by atoms with Crippen LogP contribution in [0.25, 0.3) is 22.3 Å². The van der Waals surface area contributed by atoms with E-state index in [2.05, 4.69) is 54.7 Å². The van der Waals surface area contributed by atoms with Crippen LogP contribution < -0.4 is 5.32 Å². The lowest BCUT2D eigenvalue weighted by Crippen LogP contribution is -2.28. The predicted octanol–water partition coefficient (Wildman–Crippen LogP) is 5.93. The number of ether oxygens (including phenoxy) is 1. The molecule has 0 spiro atoms. The van der Waals surface area contributed by atoms with Crippen molar-refractivity contribution in [3.63, 3.8) is 0 Å². The van der Waals surface area contributed by atoms with Crippen LogP contribution in [0, 0.1) is 20.8 Å². The molecule has 0 fully saturated rings. The van der Waals surface area contributed by atoms with Crippen LogP contribution >= 0.6 is 0 Å². The molecule has 4 rings (SSSR count). The molecule has 3 aromatic rings. The summed E-state index contributed by atoms with van der Waals surface area (Å²) in [5.41, 5.74) is 9.20. The first-order valence-electron chi connectivity index (χ1n) is 11.9. The Labute approximate surface area is 202 Å². The Balaban J connectivity index is 2.04. The molecule has 0 aliphatic carbocycles. The van der Waals surface area contributed by atoms with Crippen LogP contribution in [0.5, 0.6) is 0 Å². The van der Waals surface area contributed by atoms with E-state index < -0.39 is 17.7 Å². The van der Waals surface area contributed by atoms with Crippen molar-refractivity contribution < 1.29 is 14.6 Å². The number of aryl methyl sites for hydroxylation is 3. The molecule has 1 atom stereocenters. The smallest absolute Gasteiger partial charge is 0.337 e. The number of pyridine rings is 1. The molecule has 0 amide bonds. The van der Waals surface area contributed by atoms with Crippen LogP contribution in [0.4, 0.5) is 0 Å². The number of nitrogens with zero attached hydrogens (tertiary/aromatic N) is 1. The molecule has 2 N–H and O–H groups in total. The van der Waals surface area contributed by atoms with E-state index in [1.165, 1.54) is 11.1 Å². The number of nitrogens with one attached hydrogen (secondary N) is 1. The van der Waals surface area contributed by atoms with Crippen molar-refractivity contribution in [1.82, 2.24) is 10.3 Å². The summed E-state index contributed by atoms with van der Waals surface area (Å²) in [6, 6.07) is 14.8. The number of carboxylic acids is 1. The van der Waals surface area contributed by atoms with Gasteiger partial charge < -0.3 is 15.2 Å². The Morgan fingerprint density at radius 3 is 2.29 bits per heavy atom. The fourth-order valence-electron chi connectivity index (χ4n) is 4.78. The highest BCUT2D eigenvalue weighted by Crippen LogP contribution is 2.43. The van der Waals surface area contributed by atoms with E-state index in [9.17, 15) is 9.90 Å². The Bertz CT molecular complexity index is 1220. The van der Waals surface area contributed by atoms with Crippen molar-refractivity contribution in [1.29, 1.82) is 0 Å². The monoisotopic (exact) mass is 458 g/mol. The van der Waals surface area contributed by atoms with Gasteiger partial charge in [0, 0.05) is 29.1 Å². The van der Waals surface area contributed by atoms with Crippen LogP contribution in [0.3, 0.4) is 0 Å². The summed E-state index contributed by atoms with van der Waals surface area (Å²) < 4.78 is 6.13. The number of hydrogen-bond donors (Lipinski definition) is 2. The van der Waals surface area contributed by atoms with Gasteiger partial charge in [-0.2, -0.15) is 0 Å². The molecule has 34 heavy (non-hydrogen) atoms. The maximum Gasteiger partial charge on any atom is 0.337 e.